The lowest BCUT2D eigenvalue weighted by Gasteiger charge is -2.15. The van der Waals surface area contributed by atoms with Gasteiger partial charge in [0.15, 0.2) is 5.96 Å². The molecule has 1 aliphatic heterocycles. The Morgan fingerprint density at radius 1 is 1.22 bits per heavy atom. The van der Waals surface area contributed by atoms with Crippen molar-refractivity contribution in [3.63, 3.8) is 0 Å². The molecule has 1 saturated carbocycles. The van der Waals surface area contributed by atoms with Gasteiger partial charge in [-0.3, -0.25) is 4.79 Å². The predicted octanol–water partition coefficient (Wildman–Crippen LogP) is 1.03. The van der Waals surface area contributed by atoms with Crippen LogP contribution in [0.15, 0.2) is 4.99 Å². The highest BCUT2D eigenvalue weighted by Crippen LogP contribution is 2.17. The number of rotatable bonds is 3. The number of nitrogens with one attached hydrogen (secondary N) is 1. The van der Waals surface area contributed by atoms with Gasteiger partial charge in [0.05, 0.1) is 0 Å². The molecule has 0 aromatic rings. The molecule has 6 heteroatoms. The fraction of sp³-hybridized carbons (Fsp3) is 0.833. The topological polar surface area (TPSA) is 70.7 Å². The van der Waals surface area contributed by atoms with E-state index in [1.807, 2.05) is 4.90 Å². The Bertz CT molecular complexity index is 296. The van der Waals surface area contributed by atoms with Gasteiger partial charge in [-0.25, -0.2) is 4.99 Å². The van der Waals surface area contributed by atoms with Gasteiger partial charge in [-0.2, -0.15) is 0 Å². The first kappa shape index (κ1) is 15.3. The number of amides is 1. The number of halogens is 1. The van der Waals surface area contributed by atoms with Gasteiger partial charge in [0, 0.05) is 19.1 Å². The number of carbonyl (C=O) groups excluding carboxylic acids is 1. The van der Waals surface area contributed by atoms with Crippen LogP contribution in [-0.2, 0) is 4.79 Å². The molecule has 1 amide bonds. The minimum Gasteiger partial charge on any atom is -0.370 e. The molecule has 0 bridgehead atoms. The van der Waals surface area contributed by atoms with Gasteiger partial charge in [-0.1, -0.05) is 12.8 Å². The van der Waals surface area contributed by atoms with Crippen molar-refractivity contribution in [3.05, 3.63) is 0 Å². The quantitative estimate of drug-likeness (QED) is 0.603. The van der Waals surface area contributed by atoms with Crippen molar-refractivity contribution in [1.29, 1.82) is 0 Å². The number of nitrogens with two attached hydrogens (primary N) is 1. The molecule has 0 spiro atoms. The van der Waals surface area contributed by atoms with Gasteiger partial charge in [0.25, 0.3) is 0 Å². The van der Waals surface area contributed by atoms with Crippen LogP contribution in [0, 0.1) is 0 Å². The van der Waals surface area contributed by atoms with Gasteiger partial charge in [-0.15, -0.1) is 17.0 Å². The Morgan fingerprint density at radius 2 is 1.83 bits per heavy atom. The standard InChI is InChI=1S/C12H22N4O.BrH/c13-12(15-10-5-1-2-6-10)14-9-11(17)16-7-3-4-8-16;/h10H,1-9H2,(H3,13,14,15);1H. The molecule has 2 fully saturated rings. The van der Waals surface area contributed by atoms with Crippen LogP contribution in [0.4, 0.5) is 0 Å². The third-order valence-electron chi connectivity index (χ3n) is 3.55. The smallest absolute Gasteiger partial charge is 0.244 e. The maximum absolute atomic E-state index is 11.7. The van der Waals surface area contributed by atoms with Crippen LogP contribution >= 0.6 is 17.0 Å². The molecule has 1 heterocycles. The summed E-state index contributed by atoms with van der Waals surface area (Å²) in [5.74, 6) is 0.517. The number of guanidine groups is 1. The molecule has 0 unspecified atom stereocenters. The highest BCUT2D eigenvalue weighted by molar-refractivity contribution is 8.93. The molecule has 2 rings (SSSR count). The first-order valence-electron chi connectivity index (χ1n) is 6.60. The van der Waals surface area contributed by atoms with Crippen molar-refractivity contribution in [3.8, 4) is 0 Å². The average Bonchev–Trinajstić information content (AvgIpc) is 2.97. The van der Waals surface area contributed by atoms with Crippen LogP contribution in [0.5, 0.6) is 0 Å². The van der Waals surface area contributed by atoms with Crippen molar-refractivity contribution in [2.75, 3.05) is 19.6 Å². The van der Waals surface area contributed by atoms with Crippen LogP contribution in [0.25, 0.3) is 0 Å². The molecule has 18 heavy (non-hydrogen) atoms. The Hall–Kier alpha value is -0.780. The molecule has 5 nitrogen and oxygen atoms in total. The predicted molar refractivity (Wildman–Crippen MR) is 78.0 cm³/mol. The molecule has 2 aliphatic rings. The normalized spacial score (nSPS) is 20.9. The van der Waals surface area contributed by atoms with Crippen molar-refractivity contribution < 1.29 is 4.79 Å². The molecule has 0 aromatic heterocycles. The Morgan fingerprint density at radius 3 is 2.44 bits per heavy atom. The first-order chi connectivity index (χ1) is 8.25. The second kappa shape index (κ2) is 7.61. The molecule has 0 radical (unpaired) electrons. The van der Waals surface area contributed by atoms with E-state index < -0.39 is 0 Å². The van der Waals surface area contributed by atoms with E-state index in [4.69, 9.17) is 5.73 Å². The largest absolute Gasteiger partial charge is 0.370 e. The number of aliphatic imine (C=N–C) groups is 1. The highest BCUT2D eigenvalue weighted by Gasteiger charge is 2.18. The van der Waals surface area contributed by atoms with Gasteiger partial charge < -0.3 is 16.0 Å². The van der Waals surface area contributed by atoms with Crippen molar-refractivity contribution >= 4 is 28.8 Å². The van der Waals surface area contributed by atoms with Crippen LogP contribution < -0.4 is 11.1 Å². The first-order valence-corrected chi connectivity index (χ1v) is 6.60. The summed E-state index contributed by atoms with van der Waals surface area (Å²) in [4.78, 5) is 17.7. The summed E-state index contributed by atoms with van der Waals surface area (Å²) in [6, 6.07) is 0.459. The van der Waals surface area contributed by atoms with Crippen LogP contribution in [-0.4, -0.2) is 42.4 Å². The maximum Gasteiger partial charge on any atom is 0.244 e. The molecule has 104 valence electrons. The molecule has 0 atom stereocenters. The van der Waals surface area contributed by atoms with E-state index in [0.717, 1.165) is 38.8 Å². The highest BCUT2D eigenvalue weighted by atomic mass is 79.9. The van der Waals surface area contributed by atoms with Crippen molar-refractivity contribution in [1.82, 2.24) is 10.2 Å². The minimum atomic E-state index is 0. The summed E-state index contributed by atoms with van der Waals surface area (Å²) < 4.78 is 0. The number of nitrogens with zero attached hydrogens (tertiary/aromatic N) is 2. The lowest BCUT2D eigenvalue weighted by atomic mass is 10.2. The molecular formula is C12H23BrN4O. The van der Waals surface area contributed by atoms with Crippen LogP contribution in [0.3, 0.4) is 0 Å². The number of carbonyl (C=O) groups is 1. The molecule has 0 aromatic carbocycles. The molecular weight excluding hydrogens is 296 g/mol. The zero-order chi connectivity index (χ0) is 12.1. The van der Waals surface area contributed by atoms with E-state index in [-0.39, 0.29) is 29.4 Å². The Kier molecular flexibility index (Phi) is 6.46. The number of likely N-dealkylation sites (tertiary alicyclic amines) is 1. The summed E-state index contributed by atoms with van der Waals surface area (Å²) in [6.45, 7) is 1.94. The van der Waals surface area contributed by atoms with E-state index in [1.54, 1.807) is 0 Å². The lowest BCUT2D eigenvalue weighted by molar-refractivity contribution is -0.128. The second-order valence-electron chi connectivity index (χ2n) is 4.92. The Balaban J connectivity index is 0.00000162. The van der Waals surface area contributed by atoms with E-state index in [9.17, 15) is 4.79 Å². The van der Waals surface area contributed by atoms with E-state index in [2.05, 4.69) is 10.3 Å². The Labute approximate surface area is 119 Å². The van der Waals surface area contributed by atoms with Gasteiger partial charge in [-0.05, 0) is 25.7 Å². The summed E-state index contributed by atoms with van der Waals surface area (Å²) in [6.07, 6.45) is 7.08. The van der Waals surface area contributed by atoms with E-state index in [1.165, 1.54) is 12.8 Å². The van der Waals surface area contributed by atoms with Crippen LogP contribution in [0.1, 0.15) is 38.5 Å². The van der Waals surface area contributed by atoms with Crippen molar-refractivity contribution in [2.45, 2.75) is 44.6 Å². The molecule has 1 saturated heterocycles. The maximum atomic E-state index is 11.7. The monoisotopic (exact) mass is 318 g/mol. The van der Waals surface area contributed by atoms with Crippen molar-refractivity contribution in [2.24, 2.45) is 10.7 Å². The number of hydrogen-bond donors (Lipinski definition) is 2. The fourth-order valence-corrected chi connectivity index (χ4v) is 2.54. The zero-order valence-electron chi connectivity index (χ0n) is 10.7. The second-order valence-corrected chi connectivity index (χ2v) is 4.92. The van der Waals surface area contributed by atoms with Gasteiger partial charge >= 0.3 is 0 Å². The third kappa shape index (κ3) is 4.48. The fourth-order valence-electron chi connectivity index (χ4n) is 2.54. The summed E-state index contributed by atoms with van der Waals surface area (Å²) in [7, 11) is 0. The number of hydrogen-bond acceptors (Lipinski definition) is 2. The molecule has 1 aliphatic carbocycles. The van der Waals surface area contributed by atoms with E-state index in [0.29, 0.717) is 12.0 Å². The lowest BCUT2D eigenvalue weighted by Crippen LogP contribution is -2.39. The SMILES string of the molecule is Br.NC(=NCC(=O)N1CCCC1)NC1CCCC1. The average molecular weight is 319 g/mol. The van der Waals surface area contributed by atoms with Crippen LogP contribution in [0.2, 0.25) is 0 Å². The molecule has 3 N–H and O–H groups in total. The third-order valence-corrected chi connectivity index (χ3v) is 3.55. The van der Waals surface area contributed by atoms with Gasteiger partial charge in [0.2, 0.25) is 5.91 Å². The minimum absolute atomic E-state index is 0. The summed E-state index contributed by atoms with van der Waals surface area (Å²) in [5, 5.41) is 3.18. The van der Waals surface area contributed by atoms with Gasteiger partial charge in [0.1, 0.15) is 6.54 Å². The zero-order valence-corrected chi connectivity index (χ0v) is 12.4. The summed E-state index contributed by atoms with van der Waals surface area (Å²) in [5.41, 5.74) is 5.77. The van der Waals surface area contributed by atoms with E-state index >= 15 is 0 Å². The summed E-state index contributed by atoms with van der Waals surface area (Å²) >= 11 is 0.